The number of hydrogen-bond acceptors (Lipinski definition) is 5. The summed E-state index contributed by atoms with van der Waals surface area (Å²) in [5.74, 6) is -0.414. The number of benzene rings is 3. The summed E-state index contributed by atoms with van der Waals surface area (Å²) >= 11 is 9.76. The molecule has 1 atom stereocenters. The lowest BCUT2D eigenvalue weighted by Crippen LogP contribution is -2.47. The third-order valence-corrected chi connectivity index (χ3v) is 7.42. The lowest BCUT2D eigenvalue weighted by atomic mass is 9.98. The van der Waals surface area contributed by atoms with Gasteiger partial charge in [0.25, 0.3) is 0 Å². The molecule has 4 rings (SSSR count). The van der Waals surface area contributed by atoms with Crippen LogP contribution in [0.4, 0.5) is 0 Å². The molecule has 10 heteroatoms. The summed E-state index contributed by atoms with van der Waals surface area (Å²) < 4.78 is 12.2. The molecule has 42 heavy (non-hydrogen) atoms. The van der Waals surface area contributed by atoms with Crippen LogP contribution in [0.5, 0.6) is 5.75 Å². The Morgan fingerprint density at radius 2 is 1.81 bits per heavy atom. The van der Waals surface area contributed by atoms with Crippen LogP contribution in [0.25, 0.3) is 10.9 Å². The third-order valence-electron chi connectivity index (χ3n) is 6.41. The van der Waals surface area contributed by atoms with Gasteiger partial charge >= 0.3 is 5.97 Å². The van der Waals surface area contributed by atoms with Gasteiger partial charge in [0, 0.05) is 43.6 Å². The fraction of sp³-hybridized carbons (Fsp3) is 0.281. The van der Waals surface area contributed by atoms with Gasteiger partial charge in [0.2, 0.25) is 12.3 Å². The highest BCUT2D eigenvalue weighted by Gasteiger charge is 2.36. The minimum atomic E-state index is -1.15. The van der Waals surface area contributed by atoms with E-state index in [4.69, 9.17) is 21.1 Å². The number of carbonyl (C=O) groups excluding carboxylic acids is 3. The van der Waals surface area contributed by atoms with Crippen LogP contribution in [0.1, 0.15) is 60.9 Å². The predicted octanol–water partition coefficient (Wildman–Crippen LogP) is 6.95. The number of carbonyl (C=O) groups is 3. The Balaban J connectivity index is 1.69. The largest absolute Gasteiger partial charge is 0.489 e. The van der Waals surface area contributed by atoms with Crippen molar-refractivity contribution in [2.24, 2.45) is 0 Å². The number of aromatic amines is 1. The van der Waals surface area contributed by atoms with Crippen molar-refractivity contribution in [2.75, 3.05) is 6.61 Å². The zero-order valence-corrected chi connectivity index (χ0v) is 26.2. The van der Waals surface area contributed by atoms with Gasteiger partial charge in [-0.15, -0.1) is 0 Å². The number of esters is 1. The van der Waals surface area contributed by atoms with Gasteiger partial charge < -0.3 is 24.7 Å². The van der Waals surface area contributed by atoms with Crippen molar-refractivity contribution in [1.29, 1.82) is 0 Å². The topological polar surface area (TPSA) is 101 Å². The fourth-order valence-electron chi connectivity index (χ4n) is 4.59. The monoisotopic (exact) mass is 653 g/mol. The van der Waals surface area contributed by atoms with Gasteiger partial charge in [0.15, 0.2) is 0 Å². The number of rotatable bonds is 11. The Hall–Kier alpha value is -3.82. The van der Waals surface area contributed by atoms with Crippen molar-refractivity contribution < 1.29 is 23.9 Å². The molecule has 0 aliphatic heterocycles. The maximum Gasteiger partial charge on any atom is 0.355 e. The van der Waals surface area contributed by atoms with Crippen molar-refractivity contribution in [3.8, 4) is 5.75 Å². The quantitative estimate of drug-likeness (QED) is 0.135. The Bertz CT molecular complexity index is 1580. The SMILES string of the molecule is CCOC(=O)c1[nH]c2cc(Cl)ccc2c1C(C(=O)NC(C)(C)C)N(C=O)Cc1ccc(OCc2ccccc2Br)cc1. The summed E-state index contributed by atoms with van der Waals surface area (Å²) in [6.07, 6.45) is 0.619. The van der Waals surface area contributed by atoms with Crippen molar-refractivity contribution in [2.45, 2.75) is 52.4 Å². The van der Waals surface area contributed by atoms with E-state index in [0.29, 0.717) is 40.3 Å². The Morgan fingerprint density at radius 1 is 1.10 bits per heavy atom. The van der Waals surface area contributed by atoms with Gasteiger partial charge in [-0.25, -0.2) is 4.79 Å². The third kappa shape index (κ3) is 7.52. The Labute approximate surface area is 258 Å². The number of nitrogens with one attached hydrogen (secondary N) is 2. The highest BCUT2D eigenvalue weighted by molar-refractivity contribution is 9.10. The second kappa shape index (κ2) is 13.4. The molecule has 0 radical (unpaired) electrons. The summed E-state index contributed by atoms with van der Waals surface area (Å²) in [5.41, 5.74) is 2.15. The van der Waals surface area contributed by atoms with E-state index in [1.807, 2.05) is 69.3 Å². The molecule has 1 unspecified atom stereocenters. The Morgan fingerprint density at radius 3 is 2.45 bits per heavy atom. The van der Waals surface area contributed by atoms with Crippen molar-refractivity contribution in [3.05, 3.63) is 98.6 Å². The molecule has 1 aromatic heterocycles. The standard InChI is InChI=1S/C32H33BrClN3O5/c1-5-41-31(40)28-27(24-15-12-22(34)16-26(24)35-28)29(30(39)36-32(2,3)4)37(19-38)17-20-10-13-23(14-11-20)42-18-21-8-6-7-9-25(21)33/h6-16,19,29,35H,5,17-18H2,1-4H3,(H,36,39). The number of halogens is 2. The average Bonchev–Trinajstić information content (AvgIpc) is 3.30. The molecular weight excluding hydrogens is 622 g/mol. The van der Waals surface area contributed by atoms with Crippen LogP contribution in [-0.2, 0) is 27.5 Å². The van der Waals surface area contributed by atoms with Gasteiger partial charge in [-0.05, 0) is 63.6 Å². The van der Waals surface area contributed by atoms with E-state index in [0.717, 1.165) is 15.6 Å². The van der Waals surface area contributed by atoms with Gasteiger partial charge in [0.1, 0.15) is 24.1 Å². The predicted molar refractivity (Wildman–Crippen MR) is 166 cm³/mol. The van der Waals surface area contributed by atoms with E-state index in [2.05, 4.69) is 26.2 Å². The smallest absolute Gasteiger partial charge is 0.355 e. The minimum absolute atomic E-state index is 0.0887. The number of aromatic nitrogens is 1. The van der Waals surface area contributed by atoms with Gasteiger partial charge in [-0.3, -0.25) is 9.59 Å². The highest BCUT2D eigenvalue weighted by Crippen LogP contribution is 2.35. The van der Waals surface area contributed by atoms with Gasteiger partial charge in [-0.1, -0.05) is 63.9 Å². The average molecular weight is 655 g/mol. The minimum Gasteiger partial charge on any atom is -0.489 e. The summed E-state index contributed by atoms with van der Waals surface area (Å²) in [5, 5.41) is 4.01. The maximum absolute atomic E-state index is 13.9. The first-order valence-electron chi connectivity index (χ1n) is 13.5. The zero-order valence-electron chi connectivity index (χ0n) is 23.9. The van der Waals surface area contributed by atoms with Gasteiger partial charge in [-0.2, -0.15) is 0 Å². The number of amides is 2. The van der Waals surface area contributed by atoms with Crippen LogP contribution in [0.2, 0.25) is 5.02 Å². The molecule has 0 aliphatic carbocycles. The molecule has 0 saturated heterocycles. The summed E-state index contributed by atoms with van der Waals surface area (Å²) in [6, 6.07) is 19.1. The molecule has 0 saturated carbocycles. The second-order valence-electron chi connectivity index (χ2n) is 10.8. The number of fused-ring (bicyclic) bond motifs is 1. The van der Waals surface area contributed by atoms with E-state index < -0.39 is 23.5 Å². The highest BCUT2D eigenvalue weighted by atomic mass is 79.9. The van der Waals surface area contributed by atoms with Crippen LogP contribution < -0.4 is 10.1 Å². The van der Waals surface area contributed by atoms with Crippen molar-refractivity contribution in [1.82, 2.24) is 15.2 Å². The lowest BCUT2D eigenvalue weighted by Gasteiger charge is -2.31. The molecule has 0 bridgehead atoms. The molecule has 3 aromatic carbocycles. The zero-order chi connectivity index (χ0) is 30.4. The van der Waals surface area contributed by atoms with E-state index in [9.17, 15) is 14.4 Å². The normalized spacial score (nSPS) is 12.0. The second-order valence-corrected chi connectivity index (χ2v) is 12.1. The molecule has 8 nitrogen and oxygen atoms in total. The molecule has 4 aromatic rings. The molecular formula is C32H33BrClN3O5. The molecule has 0 fully saturated rings. The van der Waals surface area contributed by atoms with E-state index in [1.54, 1.807) is 25.1 Å². The summed E-state index contributed by atoms with van der Waals surface area (Å²) in [6.45, 7) is 7.87. The number of H-pyrrole nitrogens is 1. The summed E-state index contributed by atoms with van der Waals surface area (Å²) in [4.78, 5) is 44.0. The van der Waals surface area contributed by atoms with E-state index >= 15 is 0 Å². The first-order chi connectivity index (χ1) is 20.0. The molecule has 1 heterocycles. The summed E-state index contributed by atoms with van der Waals surface area (Å²) in [7, 11) is 0. The maximum atomic E-state index is 13.9. The van der Waals surface area contributed by atoms with Crippen LogP contribution in [0.3, 0.4) is 0 Å². The van der Waals surface area contributed by atoms with Gasteiger partial charge in [0.05, 0.1) is 6.61 Å². The molecule has 2 amide bonds. The lowest BCUT2D eigenvalue weighted by molar-refractivity contribution is -0.134. The number of hydrogen-bond donors (Lipinski definition) is 2. The first kappa shape index (κ1) is 31.1. The number of nitrogens with zero attached hydrogens (tertiary/aromatic N) is 1. The van der Waals surface area contributed by atoms with Crippen LogP contribution in [0, 0.1) is 0 Å². The van der Waals surface area contributed by atoms with Crippen LogP contribution >= 0.6 is 27.5 Å². The molecule has 0 spiro atoms. The van der Waals surface area contributed by atoms with E-state index in [-0.39, 0.29) is 18.8 Å². The Kier molecular flexibility index (Phi) is 9.96. The molecule has 2 N–H and O–H groups in total. The van der Waals surface area contributed by atoms with E-state index in [1.165, 1.54) is 4.90 Å². The van der Waals surface area contributed by atoms with Crippen LogP contribution in [0.15, 0.2) is 71.2 Å². The molecule has 220 valence electrons. The van der Waals surface area contributed by atoms with Crippen molar-refractivity contribution in [3.63, 3.8) is 0 Å². The van der Waals surface area contributed by atoms with Crippen molar-refractivity contribution >= 4 is 56.7 Å². The molecule has 0 aliphatic rings. The number of ether oxygens (including phenoxy) is 2. The fourth-order valence-corrected chi connectivity index (χ4v) is 5.16. The van der Waals surface area contributed by atoms with Crippen LogP contribution in [-0.4, -0.2) is 40.3 Å². The first-order valence-corrected chi connectivity index (χ1v) is 14.6.